The van der Waals surface area contributed by atoms with Gasteiger partial charge >= 0.3 is 0 Å². The molecule has 0 aliphatic heterocycles. The van der Waals surface area contributed by atoms with Crippen LogP contribution in [0.1, 0.15) is 15.9 Å². The van der Waals surface area contributed by atoms with Gasteiger partial charge in [-0.3, -0.25) is 4.79 Å². The number of benzene rings is 1. The topological polar surface area (TPSA) is 78.7 Å². The molecule has 0 saturated heterocycles. The van der Waals surface area contributed by atoms with E-state index in [2.05, 4.69) is 15.3 Å². The summed E-state index contributed by atoms with van der Waals surface area (Å²) in [6.07, 6.45) is 4.14. The first-order valence-corrected chi connectivity index (χ1v) is 5.34. The summed E-state index contributed by atoms with van der Waals surface area (Å²) in [7, 11) is 0. The van der Waals surface area contributed by atoms with Crippen LogP contribution in [0, 0.1) is 11.3 Å². The van der Waals surface area contributed by atoms with Crippen LogP contribution in [-0.4, -0.2) is 15.9 Å². The molecule has 0 bridgehead atoms. The number of nitrogens with one attached hydrogen (secondary N) is 1. The van der Waals surface area contributed by atoms with E-state index < -0.39 is 0 Å². The van der Waals surface area contributed by atoms with E-state index in [1.807, 2.05) is 6.07 Å². The maximum atomic E-state index is 11.8. The highest BCUT2D eigenvalue weighted by Crippen LogP contribution is 2.23. The summed E-state index contributed by atoms with van der Waals surface area (Å²) in [4.78, 5) is 19.3. The zero-order chi connectivity index (χ0) is 13.0. The number of nitrogens with zero attached hydrogens (tertiary/aromatic N) is 3. The Hall–Kier alpha value is -2.45. The number of carbonyl (C=O) groups is 1. The summed E-state index contributed by atoms with van der Waals surface area (Å²) in [5, 5.41) is 11.6. The average molecular weight is 259 g/mol. The SMILES string of the molecule is N#Cc1ccc(NC(=O)c2cncnc2)c(Cl)c1. The largest absolute Gasteiger partial charge is 0.321 e. The van der Waals surface area contributed by atoms with Gasteiger partial charge in [0.15, 0.2) is 0 Å². The van der Waals surface area contributed by atoms with Crippen LogP contribution in [0.5, 0.6) is 0 Å². The van der Waals surface area contributed by atoms with Crippen molar-refractivity contribution in [3.63, 3.8) is 0 Å². The lowest BCUT2D eigenvalue weighted by molar-refractivity contribution is 0.102. The van der Waals surface area contributed by atoms with Crippen LogP contribution in [0.3, 0.4) is 0 Å². The summed E-state index contributed by atoms with van der Waals surface area (Å²) in [6, 6.07) is 6.59. The summed E-state index contributed by atoms with van der Waals surface area (Å²) in [5.74, 6) is -0.359. The molecule has 0 saturated carbocycles. The zero-order valence-electron chi connectivity index (χ0n) is 9.09. The number of amides is 1. The van der Waals surface area contributed by atoms with E-state index in [4.69, 9.17) is 16.9 Å². The Morgan fingerprint density at radius 1 is 1.33 bits per heavy atom. The maximum absolute atomic E-state index is 11.8. The molecule has 18 heavy (non-hydrogen) atoms. The predicted octanol–water partition coefficient (Wildman–Crippen LogP) is 2.25. The molecule has 0 fully saturated rings. The highest BCUT2D eigenvalue weighted by Gasteiger charge is 2.09. The number of aromatic nitrogens is 2. The predicted molar refractivity (Wildman–Crippen MR) is 66.2 cm³/mol. The second-order valence-electron chi connectivity index (χ2n) is 3.39. The van der Waals surface area contributed by atoms with Crippen LogP contribution in [0.2, 0.25) is 5.02 Å². The van der Waals surface area contributed by atoms with Crippen molar-refractivity contribution in [2.24, 2.45) is 0 Å². The number of carbonyl (C=O) groups excluding carboxylic acids is 1. The van der Waals surface area contributed by atoms with Gasteiger partial charge in [0, 0.05) is 12.4 Å². The molecule has 0 aliphatic carbocycles. The van der Waals surface area contributed by atoms with E-state index in [0.29, 0.717) is 21.8 Å². The molecule has 88 valence electrons. The molecule has 1 amide bonds. The van der Waals surface area contributed by atoms with Crippen molar-refractivity contribution in [2.45, 2.75) is 0 Å². The van der Waals surface area contributed by atoms with Gasteiger partial charge in [0.25, 0.3) is 5.91 Å². The van der Waals surface area contributed by atoms with Gasteiger partial charge in [-0.25, -0.2) is 9.97 Å². The highest BCUT2D eigenvalue weighted by atomic mass is 35.5. The van der Waals surface area contributed by atoms with Crippen LogP contribution in [0.4, 0.5) is 5.69 Å². The molecule has 0 spiro atoms. The number of hydrogen-bond donors (Lipinski definition) is 1. The molecular formula is C12H7ClN4O. The molecule has 0 aliphatic rings. The number of halogens is 1. The first kappa shape index (κ1) is 12.0. The molecule has 6 heteroatoms. The van der Waals surface area contributed by atoms with E-state index in [1.165, 1.54) is 24.8 Å². The van der Waals surface area contributed by atoms with Crippen molar-refractivity contribution in [1.82, 2.24) is 9.97 Å². The monoisotopic (exact) mass is 258 g/mol. The Kier molecular flexibility index (Phi) is 3.51. The van der Waals surface area contributed by atoms with Gasteiger partial charge in [-0.15, -0.1) is 0 Å². The third kappa shape index (κ3) is 2.62. The Morgan fingerprint density at radius 3 is 2.67 bits per heavy atom. The van der Waals surface area contributed by atoms with E-state index in [-0.39, 0.29) is 5.91 Å². The van der Waals surface area contributed by atoms with Crippen molar-refractivity contribution in [1.29, 1.82) is 5.26 Å². The fourth-order valence-corrected chi connectivity index (χ4v) is 1.52. The van der Waals surface area contributed by atoms with Gasteiger partial charge in [0.2, 0.25) is 0 Å². The Labute approximate surface area is 108 Å². The van der Waals surface area contributed by atoms with Gasteiger partial charge in [-0.05, 0) is 18.2 Å². The van der Waals surface area contributed by atoms with Crippen molar-refractivity contribution < 1.29 is 4.79 Å². The van der Waals surface area contributed by atoms with Gasteiger partial charge in [0.1, 0.15) is 6.33 Å². The first-order chi connectivity index (χ1) is 8.70. The standard InChI is InChI=1S/C12H7ClN4O/c13-10-3-8(4-14)1-2-11(10)17-12(18)9-5-15-7-16-6-9/h1-3,5-7H,(H,17,18). The maximum Gasteiger partial charge on any atom is 0.258 e. The van der Waals surface area contributed by atoms with Crippen LogP contribution in [0.25, 0.3) is 0 Å². The van der Waals surface area contributed by atoms with Crippen molar-refractivity contribution >= 4 is 23.2 Å². The summed E-state index contributed by atoms with van der Waals surface area (Å²) >= 11 is 5.94. The minimum atomic E-state index is -0.359. The third-order valence-electron chi connectivity index (χ3n) is 2.17. The molecule has 5 nitrogen and oxygen atoms in total. The number of rotatable bonds is 2. The van der Waals surface area contributed by atoms with E-state index >= 15 is 0 Å². The molecule has 0 atom stereocenters. The van der Waals surface area contributed by atoms with Gasteiger partial charge in [-0.2, -0.15) is 5.26 Å². The normalized spacial score (nSPS) is 9.56. The van der Waals surface area contributed by atoms with Crippen molar-refractivity contribution in [3.8, 4) is 6.07 Å². The van der Waals surface area contributed by atoms with Gasteiger partial charge in [0.05, 0.1) is 27.9 Å². The second-order valence-corrected chi connectivity index (χ2v) is 3.79. The molecule has 2 rings (SSSR count). The van der Waals surface area contributed by atoms with Crippen LogP contribution < -0.4 is 5.32 Å². The van der Waals surface area contributed by atoms with E-state index in [0.717, 1.165) is 0 Å². The summed E-state index contributed by atoms with van der Waals surface area (Å²) in [5.41, 5.74) is 1.20. The molecule has 1 aromatic carbocycles. The number of nitriles is 1. The Bertz CT molecular complexity index is 622. The van der Waals surface area contributed by atoms with Crippen LogP contribution in [0.15, 0.2) is 36.9 Å². The molecule has 1 aromatic heterocycles. The van der Waals surface area contributed by atoms with Crippen molar-refractivity contribution in [2.75, 3.05) is 5.32 Å². The Balaban J connectivity index is 2.20. The minimum absolute atomic E-state index is 0.305. The van der Waals surface area contributed by atoms with Gasteiger partial charge < -0.3 is 5.32 Å². The van der Waals surface area contributed by atoms with E-state index in [1.54, 1.807) is 12.1 Å². The van der Waals surface area contributed by atoms with Gasteiger partial charge in [-0.1, -0.05) is 11.6 Å². The average Bonchev–Trinajstić information content (AvgIpc) is 2.42. The first-order valence-electron chi connectivity index (χ1n) is 4.96. The number of anilines is 1. The lowest BCUT2D eigenvalue weighted by Crippen LogP contribution is -2.12. The van der Waals surface area contributed by atoms with Crippen molar-refractivity contribution in [3.05, 3.63) is 53.1 Å². The molecule has 0 unspecified atom stereocenters. The molecular weight excluding hydrogens is 252 g/mol. The highest BCUT2D eigenvalue weighted by molar-refractivity contribution is 6.34. The minimum Gasteiger partial charge on any atom is -0.321 e. The number of hydrogen-bond acceptors (Lipinski definition) is 4. The molecule has 1 heterocycles. The van der Waals surface area contributed by atoms with Crippen LogP contribution >= 0.6 is 11.6 Å². The smallest absolute Gasteiger partial charge is 0.258 e. The summed E-state index contributed by atoms with van der Waals surface area (Å²) in [6.45, 7) is 0. The fraction of sp³-hybridized carbons (Fsp3) is 0. The molecule has 2 aromatic rings. The second kappa shape index (κ2) is 5.25. The third-order valence-corrected chi connectivity index (χ3v) is 2.48. The molecule has 1 N–H and O–H groups in total. The quantitative estimate of drug-likeness (QED) is 0.896. The lowest BCUT2D eigenvalue weighted by Gasteiger charge is -2.06. The molecule has 0 radical (unpaired) electrons. The van der Waals surface area contributed by atoms with E-state index in [9.17, 15) is 4.79 Å². The lowest BCUT2D eigenvalue weighted by atomic mass is 10.2. The fourth-order valence-electron chi connectivity index (χ4n) is 1.30. The zero-order valence-corrected chi connectivity index (χ0v) is 9.85. The summed E-state index contributed by atoms with van der Waals surface area (Å²) < 4.78 is 0. The van der Waals surface area contributed by atoms with Crippen LogP contribution in [-0.2, 0) is 0 Å². The Morgan fingerprint density at radius 2 is 2.06 bits per heavy atom.